The zero-order chi connectivity index (χ0) is 23.0. The van der Waals surface area contributed by atoms with E-state index in [1.165, 1.54) is 13.0 Å². The van der Waals surface area contributed by atoms with Crippen molar-refractivity contribution in [2.75, 3.05) is 11.6 Å². The predicted molar refractivity (Wildman–Crippen MR) is 117 cm³/mol. The van der Waals surface area contributed by atoms with Crippen LogP contribution in [0.15, 0.2) is 39.9 Å². The molecular weight excluding hydrogens is 602 g/mol. The second kappa shape index (κ2) is 9.07. The second-order valence-corrected chi connectivity index (χ2v) is 8.21. The van der Waals surface area contributed by atoms with Crippen LogP contribution in [0, 0.1) is 32.7 Å². The Morgan fingerprint density at radius 3 is 2.26 bits per heavy atom. The predicted octanol–water partition coefficient (Wildman–Crippen LogP) is 6.12. The van der Waals surface area contributed by atoms with Crippen molar-refractivity contribution < 1.29 is 31.5 Å². The minimum absolute atomic E-state index is 0.0343. The molecule has 0 unspecified atom stereocenters. The highest BCUT2D eigenvalue weighted by Gasteiger charge is 2.37. The van der Waals surface area contributed by atoms with E-state index >= 15 is 0 Å². The number of nitrogens with zero attached hydrogens (tertiary/aromatic N) is 2. The fourth-order valence-corrected chi connectivity index (χ4v) is 4.49. The highest BCUT2D eigenvalue weighted by Crippen LogP contribution is 2.36. The van der Waals surface area contributed by atoms with E-state index in [0.717, 1.165) is 0 Å². The summed E-state index contributed by atoms with van der Waals surface area (Å²) < 4.78 is 75.5. The quantitative estimate of drug-likeness (QED) is 0.102. The van der Waals surface area contributed by atoms with Crippen LogP contribution in [0.4, 0.5) is 27.6 Å². The van der Waals surface area contributed by atoms with Gasteiger partial charge in [-0.1, -0.05) is 12.7 Å². The number of hydrazone groups is 1. The first kappa shape index (κ1) is 23.4. The molecule has 31 heavy (non-hydrogen) atoms. The van der Waals surface area contributed by atoms with Crippen LogP contribution < -0.4 is 9.75 Å². The lowest BCUT2D eigenvalue weighted by atomic mass is 10.1. The number of ether oxygens (including phenoxy) is 1. The van der Waals surface area contributed by atoms with Gasteiger partial charge in [-0.25, -0.2) is 22.0 Å². The SMILES string of the molecule is C=CCOc1c(Br)cc(/C=C2/C(=O)N(c3c(F)c(F)c(F)c(F)c3F)N=C2C)cc1I. The monoisotopic (exact) mass is 612 g/mol. The molecule has 0 saturated carbocycles. The number of anilines is 1. The van der Waals surface area contributed by atoms with Gasteiger partial charge in [0.1, 0.15) is 18.0 Å². The molecule has 1 amide bonds. The summed E-state index contributed by atoms with van der Waals surface area (Å²) in [7, 11) is 0. The molecule has 0 spiro atoms. The Balaban J connectivity index is 2.03. The van der Waals surface area contributed by atoms with Crippen LogP contribution in [0.2, 0.25) is 0 Å². The van der Waals surface area contributed by atoms with Crippen LogP contribution in [0.1, 0.15) is 12.5 Å². The molecule has 0 bridgehead atoms. The largest absolute Gasteiger partial charge is 0.487 e. The summed E-state index contributed by atoms with van der Waals surface area (Å²) >= 11 is 5.38. The molecule has 4 nitrogen and oxygen atoms in total. The zero-order valence-electron chi connectivity index (χ0n) is 15.6. The lowest BCUT2D eigenvalue weighted by molar-refractivity contribution is -0.114. The molecule has 162 valence electrons. The molecule has 2 aromatic rings. The summed E-state index contributed by atoms with van der Waals surface area (Å²) in [5.74, 6) is -11.4. The van der Waals surface area contributed by atoms with Crippen molar-refractivity contribution in [2.45, 2.75) is 6.92 Å². The molecular formula is C20H11BrF5IN2O2. The molecule has 2 aromatic carbocycles. The molecule has 0 N–H and O–H groups in total. The van der Waals surface area contributed by atoms with Crippen LogP contribution in [-0.2, 0) is 4.79 Å². The maximum atomic E-state index is 14.1. The first-order valence-electron chi connectivity index (χ1n) is 8.44. The zero-order valence-corrected chi connectivity index (χ0v) is 19.3. The van der Waals surface area contributed by atoms with Crippen LogP contribution in [0.25, 0.3) is 6.08 Å². The summed E-state index contributed by atoms with van der Waals surface area (Å²) in [6.45, 7) is 5.22. The van der Waals surface area contributed by atoms with Gasteiger partial charge in [0.2, 0.25) is 5.82 Å². The number of amides is 1. The average Bonchev–Trinajstić information content (AvgIpc) is 2.98. The molecule has 1 aliphatic rings. The van der Waals surface area contributed by atoms with E-state index in [0.29, 0.717) is 19.4 Å². The molecule has 0 atom stereocenters. The van der Waals surface area contributed by atoms with Gasteiger partial charge < -0.3 is 4.74 Å². The van der Waals surface area contributed by atoms with Crippen LogP contribution in [0.3, 0.4) is 0 Å². The lowest BCUT2D eigenvalue weighted by Gasteiger charge is -2.15. The standard InChI is InChI=1S/C20H11BrF5IN2O2/c1-3-4-31-19-11(21)6-9(7-12(19)27)5-10-8(2)28-29(20(10)30)18-16(25)14(23)13(22)15(24)17(18)26/h3,5-7H,1,4H2,2H3/b10-5+. The second-order valence-electron chi connectivity index (χ2n) is 6.19. The third kappa shape index (κ3) is 4.25. The Labute approximate surface area is 195 Å². The fourth-order valence-electron chi connectivity index (χ4n) is 2.72. The molecule has 0 fully saturated rings. The Hall–Kier alpha value is -2.28. The molecule has 0 aromatic heterocycles. The number of hydrogen-bond acceptors (Lipinski definition) is 3. The van der Waals surface area contributed by atoms with Crippen molar-refractivity contribution in [1.82, 2.24) is 0 Å². The van der Waals surface area contributed by atoms with E-state index in [4.69, 9.17) is 4.74 Å². The van der Waals surface area contributed by atoms with Gasteiger partial charge in [0.25, 0.3) is 5.91 Å². The molecule has 0 aliphatic carbocycles. The highest BCUT2D eigenvalue weighted by molar-refractivity contribution is 14.1. The lowest BCUT2D eigenvalue weighted by Crippen LogP contribution is -2.25. The number of benzene rings is 2. The molecule has 11 heteroatoms. The highest BCUT2D eigenvalue weighted by atomic mass is 127. The van der Waals surface area contributed by atoms with Gasteiger partial charge in [-0.15, -0.1) is 0 Å². The fraction of sp³-hybridized carbons (Fsp3) is 0.100. The normalized spacial score (nSPS) is 15.0. The molecule has 1 aliphatic heterocycles. The number of hydrogen-bond donors (Lipinski definition) is 0. The molecule has 1 heterocycles. The first-order valence-corrected chi connectivity index (χ1v) is 10.3. The third-order valence-electron chi connectivity index (χ3n) is 4.14. The van der Waals surface area contributed by atoms with E-state index in [2.05, 4.69) is 27.6 Å². The van der Waals surface area contributed by atoms with Crippen molar-refractivity contribution in [3.63, 3.8) is 0 Å². The van der Waals surface area contributed by atoms with E-state index in [9.17, 15) is 26.7 Å². The van der Waals surface area contributed by atoms with E-state index in [-0.39, 0.29) is 22.9 Å². The Morgan fingerprint density at radius 2 is 1.71 bits per heavy atom. The third-order valence-corrected chi connectivity index (χ3v) is 5.53. The van der Waals surface area contributed by atoms with E-state index < -0.39 is 40.7 Å². The Morgan fingerprint density at radius 1 is 1.13 bits per heavy atom. The average molecular weight is 613 g/mol. The van der Waals surface area contributed by atoms with E-state index in [1.807, 2.05) is 22.6 Å². The number of rotatable bonds is 5. The summed E-state index contributed by atoms with van der Waals surface area (Å²) in [6.07, 6.45) is 2.96. The topological polar surface area (TPSA) is 41.9 Å². The Bertz CT molecular complexity index is 1130. The van der Waals surface area contributed by atoms with Gasteiger partial charge in [-0.05, 0) is 69.2 Å². The summed E-state index contributed by atoms with van der Waals surface area (Å²) in [4.78, 5) is 12.7. The number of halogens is 7. The van der Waals surface area contributed by atoms with Gasteiger partial charge >= 0.3 is 0 Å². The van der Waals surface area contributed by atoms with Crippen LogP contribution in [-0.4, -0.2) is 18.2 Å². The maximum absolute atomic E-state index is 14.1. The molecule has 0 radical (unpaired) electrons. The minimum atomic E-state index is -2.32. The van der Waals surface area contributed by atoms with Crippen LogP contribution in [0.5, 0.6) is 5.75 Å². The van der Waals surface area contributed by atoms with Crippen molar-refractivity contribution in [2.24, 2.45) is 5.10 Å². The molecule has 0 saturated heterocycles. The van der Waals surface area contributed by atoms with Gasteiger partial charge in [-0.2, -0.15) is 10.1 Å². The van der Waals surface area contributed by atoms with Crippen molar-refractivity contribution >= 4 is 61.9 Å². The van der Waals surface area contributed by atoms with E-state index in [1.54, 1.807) is 18.2 Å². The van der Waals surface area contributed by atoms with Gasteiger partial charge in [0.15, 0.2) is 23.3 Å². The maximum Gasteiger partial charge on any atom is 0.280 e. The van der Waals surface area contributed by atoms with Crippen molar-refractivity contribution in [3.05, 3.63) is 73.1 Å². The van der Waals surface area contributed by atoms with Gasteiger partial charge in [-0.3, -0.25) is 4.79 Å². The first-order chi connectivity index (χ1) is 14.6. The summed E-state index contributed by atoms with van der Waals surface area (Å²) in [6, 6.07) is 3.31. The van der Waals surface area contributed by atoms with Crippen molar-refractivity contribution in [1.29, 1.82) is 0 Å². The van der Waals surface area contributed by atoms with Crippen molar-refractivity contribution in [3.8, 4) is 5.75 Å². The Kier molecular flexibility index (Phi) is 6.84. The van der Waals surface area contributed by atoms with Gasteiger partial charge in [0, 0.05) is 0 Å². The van der Waals surface area contributed by atoms with Crippen LogP contribution >= 0.6 is 38.5 Å². The molecule has 3 rings (SSSR count). The van der Waals surface area contributed by atoms with Gasteiger partial charge in [0.05, 0.1) is 19.3 Å². The smallest absolute Gasteiger partial charge is 0.280 e. The summed E-state index contributed by atoms with van der Waals surface area (Å²) in [5.41, 5.74) is -0.967. The number of carbonyl (C=O) groups excluding carboxylic acids is 1. The minimum Gasteiger partial charge on any atom is -0.487 e. The summed E-state index contributed by atoms with van der Waals surface area (Å²) in [5, 5.41) is 3.87. The number of carbonyl (C=O) groups is 1.